The number of ether oxygens (including phenoxy) is 1. The van der Waals surface area contributed by atoms with Crippen LogP contribution in [0.1, 0.15) is 22.7 Å². The number of hydrogen-bond acceptors (Lipinski definition) is 4. The molecule has 3 N–H and O–H groups in total. The lowest BCUT2D eigenvalue weighted by molar-refractivity contribution is -0.143. The van der Waals surface area contributed by atoms with E-state index >= 15 is 0 Å². The molecule has 0 bridgehead atoms. The van der Waals surface area contributed by atoms with E-state index in [1.165, 1.54) is 12.7 Å². The number of aliphatic hydroxyl groups is 1. The largest absolute Gasteiger partial charge is 0.468 e. The van der Waals surface area contributed by atoms with Gasteiger partial charge in [-0.3, -0.25) is 4.79 Å². The number of aromatic nitrogens is 1. The maximum atomic E-state index is 12.1. The maximum Gasteiger partial charge on any atom is 0.317 e. The van der Waals surface area contributed by atoms with Crippen LogP contribution in [-0.4, -0.2) is 36.3 Å². The highest BCUT2D eigenvalue weighted by Gasteiger charge is 2.26. The second kappa shape index (κ2) is 8.65. The summed E-state index contributed by atoms with van der Waals surface area (Å²) in [5.41, 5.74) is 3.98. The minimum absolute atomic E-state index is 0.288. The molecule has 0 saturated heterocycles. The average Bonchev–Trinajstić information content (AvgIpc) is 3.04. The van der Waals surface area contributed by atoms with Gasteiger partial charge in [0, 0.05) is 23.1 Å². The third-order valence-corrected chi connectivity index (χ3v) is 4.59. The van der Waals surface area contributed by atoms with Crippen LogP contribution in [0.5, 0.6) is 0 Å². The monoisotopic (exact) mass is 352 g/mol. The van der Waals surface area contributed by atoms with Gasteiger partial charge in [0.05, 0.1) is 13.7 Å². The molecule has 2 aromatic carbocycles. The van der Waals surface area contributed by atoms with Gasteiger partial charge in [0.1, 0.15) is 5.92 Å². The molecule has 26 heavy (non-hydrogen) atoms. The van der Waals surface area contributed by atoms with Gasteiger partial charge in [-0.25, -0.2) is 0 Å². The fourth-order valence-electron chi connectivity index (χ4n) is 3.26. The predicted molar refractivity (Wildman–Crippen MR) is 102 cm³/mol. The molecule has 3 aromatic rings. The van der Waals surface area contributed by atoms with Gasteiger partial charge in [0.25, 0.3) is 0 Å². The zero-order valence-corrected chi connectivity index (χ0v) is 14.9. The van der Waals surface area contributed by atoms with Crippen LogP contribution < -0.4 is 5.32 Å². The lowest BCUT2D eigenvalue weighted by Gasteiger charge is -2.13. The van der Waals surface area contributed by atoms with Crippen LogP contribution in [0.15, 0.2) is 54.6 Å². The summed E-state index contributed by atoms with van der Waals surface area (Å²) in [4.78, 5) is 15.4. The van der Waals surface area contributed by atoms with Crippen molar-refractivity contribution >= 4 is 16.9 Å². The lowest BCUT2D eigenvalue weighted by Crippen LogP contribution is -2.21. The fraction of sp³-hybridized carbons (Fsp3) is 0.286. The van der Waals surface area contributed by atoms with Crippen molar-refractivity contribution in [3.8, 4) is 0 Å². The Bertz CT molecular complexity index is 858. The van der Waals surface area contributed by atoms with Crippen LogP contribution in [0.25, 0.3) is 10.9 Å². The van der Waals surface area contributed by atoms with Crippen LogP contribution in [0.2, 0.25) is 0 Å². The van der Waals surface area contributed by atoms with E-state index in [1.807, 2.05) is 42.5 Å². The number of carbonyl (C=O) groups is 1. The Morgan fingerprint density at radius 1 is 1.15 bits per heavy atom. The van der Waals surface area contributed by atoms with E-state index in [2.05, 4.69) is 22.4 Å². The molecule has 1 aromatic heterocycles. The Kier molecular flexibility index (Phi) is 6.04. The molecule has 5 heteroatoms. The van der Waals surface area contributed by atoms with Crippen LogP contribution in [-0.2, 0) is 22.5 Å². The van der Waals surface area contributed by atoms with E-state index in [4.69, 9.17) is 4.74 Å². The molecular formula is C21H24N2O3. The molecule has 0 spiro atoms. The van der Waals surface area contributed by atoms with Crippen LogP contribution in [0, 0.1) is 0 Å². The van der Waals surface area contributed by atoms with Gasteiger partial charge in [-0.2, -0.15) is 0 Å². The minimum atomic E-state index is -0.698. The topological polar surface area (TPSA) is 74.3 Å². The van der Waals surface area contributed by atoms with E-state index in [1.54, 1.807) is 0 Å². The fourth-order valence-corrected chi connectivity index (χ4v) is 3.26. The molecule has 3 rings (SSSR count). The van der Waals surface area contributed by atoms with Crippen molar-refractivity contribution in [2.75, 3.05) is 20.3 Å². The van der Waals surface area contributed by atoms with Crippen molar-refractivity contribution in [3.05, 3.63) is 71.4 Å². The molecule has 0 radical (unpaired) electrons. The van der Waals surface area contributed by atoms with Crippen molar-refractivity contribution in [2.45, 2.75) is 18.9 Å². The first-order chi connectivity index (χ1) is 12.7. The molecule has 136 valence electrons. The number of aromatic amines is 1. The number of esters is 1. The maximum absolute atomic E-state index is 12.1. The molecule has 1 atom stereocenters. The highest BCUT2D eigenvalue weighted by Crippen LogP contribution is 2.29. The summed E-state index contributed by atoms with van der Waals surface area (Å²) >= 11 is 0. The molecule has 1 heterocycles. The molecule has 0 aliphatic heterocycles. The summed E-state index contributed by atoms with van der Waals surface area (Å²) in [5.74, 6) is -1.13. The normalized spacial score (nSPS) is 12.2. The number of rotatable bonds is 8. The number of aliphatic hydroxyl groups excluding tert-OH is 1. The van der Waals surface area contributed by atoms with Gasteiger partial charge in [-0.1, -0.05) is 48.5 Å². The third-order valence-electron chi connectivity index (χ3n) is 4.59. The third kappa shape index (κ3) is 3.95. The number of nitrogens with one attached hydrogen (secondary N) is 2. The van der Waals surface area contributed by atoms with E-state index in [9.17, 15) is 9.90 Å². The molecule has 5 nitrogen and oxygen atoms in total. The first kappa shape index (κ1) is 18.2. The van der Waals surface area contributed by atoms with Crippen LogP contribution >= 0.6 is 0 Å². The Labute approximate surface area is 153 Å². The molecule has 0 fully saturated rings. The standard InChI is InChI=1S/C21H24N2O3/c1-26-21(25)18(14-24)20-17(16-9-5-6-10-19(16)23-20)11-12-22-13-15-7-3-2-4-8-15/h2-10,18,22-24H,11-14H2,1H3. The van der Waals surface area contributed by atoms with Gasteiger partial charge >= 0.3 is 5.97 Å². The van der Waals surface area contributed by atoms with E-state index in [-0.39, 0.29) is 6.61 Å². The number of H-pyrrole nitrogens is 1. The van der Waals surface area contributed by atoms with E-state index in [0.717, 1.165) is 41.7 Å². The van der Waals surface area contributed by atoms with Crippen molar-refractivity contribution < 1.29 is 14.6 Å². The number of carbonyl (C=O) groups excluding carboxylic acids is 1. The number of para-hydroxylation sites is 1. The summed E-state index contributed by atoms with van der Waals surface area (Å²) in [6, 6.07) is 18.2. The van der Waals surface area contributed by atoms with E-state index in [0.29, 0.717) is 0 Å². The zero-order valence-electron chi connectivity index (χ0n) is 14.9. The lowest BCUT2D eigenvalue weighted by atomic mass is 9.98. The first-order valence-electron chi connectivity index (χ1n) is 8.77. The summed E-state index contributed by atoms with van der Waals surface area (Å²) < 4.78 is 4.86. The Balaban J connectivity index is 1.79. The zero-order chi connectivity index (χ0) is 18.4. The van der Waals surface area contributed by atoms with Crippen molar-refractivity contribution in [3.63, 3.8) is 0 Å². The molecule has 0 amide bonds. The van der Waals surface area contributed by atoms with Gasteiger partial charge in [-0.15, -0.1) is 0 Å². The summed E-state index contributed by atoms with van der Waals surface area (Å²) in [6.07, 6.45) is 0.750. The summed E-state index contributed by atoms with van der Waals surface area (Å²) in [7, 11) is 1.34. The Hall–Kier alpha value is -2.63. The first-order valence-corrected chi connectivity index (χ1v) is 8.77. The predicted octanol–water partition coefficient (Wildman–Crippen LogP) is 2.75. The molecular weight excluding hydrogens is 328 g/mol. The number of methoxy groups -OCH3 is 1. The number of benzene rings is 2. The average molecular weight is 352 g/mol. The van der Waals surface area contributed by atoms with Crippen LogP contribution in [0.3, 0.4) is 0 Å². The van der Waals surface area contributed by atoms with Crippen LogP contribution in [0.4, 0.5) is 0 Å². The van der Waals surface area contributed by atoms with Crippen molar-refractivity contribution in [1.82, 2.24) is 10.3 Å². The minimum Gasteiger partial charge on any atom is -0.468 e. The van der Waals surface area contributed by atoms with Gasteiger partial charge in [0.2, 0.25) is 0 Å². The highest BCUT2D eigenvalue weighted by atomic mass is 16.5. The SMILES string of the molecule is COC(=O)C(CO)c1[nH]c2ccccc2c1CCNCc1ccccc1. The smallest absolute Gasteiger partial charge is 0.317 e. The van der Waals surface area contributed by atoms with Crippen molar-refractivity contribution in [2.24, 2.45) is 0 Å². The Morgan fingerprint density at radius 3 is 2.62 bits per heavy atom. The summed E-state index contributed by atoms with van der Waals surface area (Å²) in [5, 5.41) is 14.2. The number of hydrogen-bond donors (Lipinski definition) is 3. The summed E-state index contributed by atoms with van der Waals surface area (Å²) in [6.45, 7) is 1.27. The quantitative estimate of drug-likeness (QED) is 0.430. The van der Waals surface area contributed by atoms with E-state index < -0.39 is 11.9 Å². The second-order valence-corrected chi connectivity index (χ2v) is 6.23. The molecule has 0 aliphatic carbocycles. The number of fused-ring (bicyclic) bond motifs is 1. The Morgan fingerprint density at radius 2 is 1.88 bits per heavy atom. The molecule has 1 unspecified atom stereocenters. The molecule has 0 aliphatic rings. The van der Waals surface area contributed by atoms with Gasteiger partial charge in [0.15, 0.2) is 0 Å². The highest BCUT2D eigenvalue weighted by molar-refractivity contribution is 5.88. The van der Waals surface area contributed by atoms with Gasteiger partial charge < -0.3 is 20.1 Å². The van der Waals surface area contributed by atoms with Gasteiger partial charge in [-0.05, 0) is 30.2 Å². The second-order valence-electron chi connectivity index (χ2n) is 6.23. The van der Waals surface area contributed by atoms with Crippen molar-refractivity contribution in [1.29, 1.82) is 0 Å². The molecule has 0 saturated carbocycles.